The van der Waals surface area contributed by atoms with Crippen LogP contribution in [0.4, 0.5) is 0 Å². The van der Waals surface area contributed by atoms with Crippen LogP contribution in [0.2, 0.25) is 0 Å². The number of aromatic nitrogens is 1. The fraction of sp³-hybridized carbons (Fsp3) is 0.357. The second-order valence-corrected chi connectivity index (χ2v) is 4.11. The summed E-state index contributed by atoms with van der Waals surface area (Å²) in [4.78, 5) is 4.36. The van der Waals surface area contributed by atoms with Crippen molar-refractivity contribution >= 4 is 10.9 Å². The summed E-state index contributed by atoms with van der Waals surface area (Å²) in [6, 6.07) is 7.85. The first-order valence-corrected chi connectivity index (χ1v) is 5.90. The summed E-state index contributed by atoms with van der Waals surface area (Å²) in [5, 5.41) is 10.5. The Labute approximate surface area is 101 Å². The lowest BCUT2D eigenvalue weighted by molar-refractivity contribution is 0.196. The molecule has 1 aromatic heterocycles. The zero-order valence-electron chi connectivity index (χ0n) is 10.2. The quantitative estimate of drug-likeness (QED) is 0.879. The third-order valence-corrected chi connectivity index (χ3v) is 2.64. The summed E-state index contributed by atoms with van der Waals surface area (Å²) in [6.07, 6.45) is 2.04. The van der Waals surface area contributed by atoms with Gasteiger partial charge in [0.15, 0.2) is 0 Å². The van der Waals surface area contributed by atoms with Crippen molar-refractivity contribution in [1.82, 2.24) is 4.98 Å². The molecule has 1 atom stereocenters. The molecule has 0 aliphatic rings. The van der Waals surface area contributed by atoms with E-state index in [4.69, 9.17) is 4.74 Å². The number of ether oxygens (including phenoxy) is 1. The first-order chi connectivity index (χ1) is 8.22. The zero-order valence-corrected chi connectivity index (χ0v) is 10.2. The van der Waals surface area contributed by atoms with Gasteiger partial charge < -0.3 is 9.84 Å². The van der Waals surface area contributed by atoms with Crippen molar-refractivity contribution in [1.29, 1.82) is 0 Å². The number of rotatable bonds is 4. The second kappa shape index (κ2) is 5.15. The van der Waals surface area contributed by atoms with Crippen molar-refractivity contribution in [3.05, 3.63) is 36.0 Å². The zero-order chi connectivity index (χ0) is 12.3. The van der Waals surface area contributed by atoms with Gasteiger partial charge >= 0.3 is 0 Å². The van der Waals surface area contributed by atoms with Gasteiger partial charge in [0.25, 0.3) is 0 Å². The van der Waals surface area contributed by atoms with E-state index in [0.29, 0.717) is 13.0 Å². The number of nitrogens with zero attached hydrogens (tertiary/aromatic N) is 1. The van der Waals surface area contributed by atoms with E-state index in [9.17, 15) is 5.11 Å². The summed E-state index contributed by atoms with van der Waals surface area (Å²) >= 11 is 0. The van der Waals surface area contributed by atoms with Crippen molar-refractivity contribution in [3.63, 3.8) is 0 Å². The number of hydrogen-bond acceptors (Lipinski definition) is 3. The predicted octanol–water partition coefficient (Wildman–Crippen LogP) is 2.56. The fourth-order valence-electron chi connectivity index (χ4n) is 1.97. The smallest absolute Gasteiger partial charge is 0.145 e. The van der Waals surface area contributed by atoms with E-state index < -0.39 is 0 Å². The average Bonchev–Trinajstić information content (AvgIpc) is 2.32. The number of aliphatic hydroxyl groups excluding tert-OH is 1. The molecule has 0 amide bonds. The molecule has 1 heterocycles. The molecule has 90 valence electrons. The number of aliphatic hydroxyl groups is 1. The Morgan fingerprint density at radius 1 is 1.35 bits per heavy atom. The lowest BCUT2D eigenvalue weighted by Gasteiger charge is -2.11. The maximum atomic E-state index is 9.49. The molecular formula is C14H17NO2. The number of fused-ring (bicyclic) bond motifs is 1. The van der Waals surface area contributed by atoms with Gasteiger partial charge in [0.2, 0.25) is 0 Å². The predicted molar refractivity (Wildman–Crippen MR) is 68.3 cm³/mol. The van der Waals surface area contributed by atoms with E-state index in [2.05, 4.69) is 4.98 Å². The van der Waals surface area contributed by atoms with Crippen LogP contribution in [0.3, 0.4) is 0 Å². The van der Waals surface area contributed by atoms with Crippen LogP contribution in [0.25, 0.3) is 10.9 Å². The lowest BCUT2D eigenvalue weighted by atomic mass is 10.0. The first kappa shape index (κ1) is 11.9. The molecule has 17 heavy (non-hydrogen) atoms. The Morgan fingerprint density at radius 3 is 2.88 bits per heavy atom. The van der Waals surface area contributed by atoms with E-state index in [1.54, 1.807) is 13.1 Å². The van der Waals surface area contributed by atoms with Crippen LogP contribution in [-0.4, -0.2) is 22.8 Å². The van der Waals surface area contributed by atoms with Crippen molar-refractivity contribution in [2.45, 2.75) is 26.4 Å². The second-order valence-electron chi connectivity index (χ2n) is 4.11. The van der Waals surface area contributed by atoms with E-state index >= 15 is 0 Å². The topological polar surface area (TPSA) is 42.4 Å². The van der Waals surface area contributed by atoms with Crippen LogP contribution in [-0.2, 0) is 6.42 Å². The monoisotopic (exact) mass is 231 g/mol. The minimum atomic E-state index is -0.351. The molecule has 2 aromatic rings. The van der Waals surface area contributed by atoms with Crippen LogP contribution >= 0.6 is 0 Å². The molecule has 0 saturated heterocycles. The molecule has 1 aromatic carbocycles. The normalized spacial score (nSPS) is 12.6. The van der Waals surface area contributed by atoms with Crippen molar-refractivity contribution < 1.29 is 9.84 Å². The van der Waals surface area contributed by atoms with Crippen molar-refractivity contribution in [2.24, 2.45) is 0 Å². The largest absolute Gasteiger partial charge is 0.492 e. The summed E-state index contributed by atoms with van der Waals surface area (Å²) in [5.41, 5.74) is 1.97. The van der Waals surface area contributed by atoms with Gasteiger partial charge in [-0.25, -0.2) is 0 Å². The Hall–Kier alpha value is -1.61. The SMILES string of the molecule is CCOc1ccc(CC(C)O)c2cccnc12. The van der Waals surface area contributed by atoms with Crippen molar-refractivity contribution in [3.8, 4) is 5.75 Å². The van der Waals surface area contributed by atoms with Crippen LogP contribution < -0.4 is 4.74 Å². The van der Waals surface area contributed by atoms with E-state index in [-0.39, 0.29) is 6.10 Å². The van der Waals surface area contributed by atoms with Gasteiger partial charge in [-0.15, -0.1) is 0 Å². The van der Waals surface area contributed by atoms with Crippen LogP contribution in [0, 0.1) is 0 Å². The molecule has 0 spiro atoms. The van der Waals surface area contributed by atoms with Gasteiger partial charge in [-0.1, -0.05) is 12.1 Å². The highest BCUT2D eigenvalue weighted by molar-refractivity contribution is 5.87. The number of hydrogen-bond donors (Lipinski definition) is 1. The standard InChI is InChI=1S/C14H17NO2/c1-3-17-13-7-6-11(9-10(2)16)12-5-4-8-15-14(12)13/h4-8,10,16H,3,9H2,1-2H3. The number of benzene rings is 1. The molecule has 3 heteroatoms. The number of pyridine rings is 1. The Balaban J connectivity index is 2.54. The third-order valence-electron chi connectivity index (χ3n) is 2.64. The fourth-order valence-corrected chi connectivity index (χ4v) is 1.97. The maximum absolute atomic E-state index is 9.49. The van der Waals surface area contributed by atoms with Gasteiger partial charge in [0, 0.05) is 11.6 Å². The molecule has 1 N–H and O–H groups in total. The molecule has 3 nitrogen and oxygen atoms in total. The van der Waals surface area contributed by atoms with Crippen LogP contribution in [0.15, 0.2) is 30.5 Å². The molecule has 0 fully saturated rings. The molecule has 0 aliphatic carbocycles. The molecule has 1 unspecified atom stereocenters. The summed E-state index contributed by atoms with van der Waals surface area (Å²) < 4.78 is 5.55. The Bertz CT molecular complexity index is 509. The summed E-state index contributed by atoms with van der Waals surface area (Å²) in [5.74, 6) is 0.803. The molecule has 0 aliphatic heterocycles. The molecule has 0 saturated carbocycles. The third kappa shape index (κ3) is 2.56. The molecular weight excluding hydrogens is 214 g/mol. The van der Waals surface area contributed by atoms with Crippen LogP contribution in [0.5, 0.6) is 5.75 Å². The van der Waals surface area contributed by atoms with Crippen LogP contribution in [0.1, 0.15) is 19.4 Å². The highest BCUT2D eigenvalue weighted by Crippen LogP contribution is 2.27. The lowest BCUT2D eigenvalue weighted by Crippen LogP contribution is -2.05. The first-order valence-electron chi connectivity index (χ1n) is 5.90. The maximum Gasteiger partial charge on any atom is 0.145 e. The van der Waals surface area contributed by atoms with E-state index in [0.717, 1.165) is 22.2 Å². The van der Waals surface area contributed by atoms with Crippen molar-refractivity contribution in [2.75, 3.05) is 6.61 Å². The molecule has 0 radical (unpaired) electrons. The van der Waals surface area contributed by atoms with E-state index in [1.165, 1.54) is 0 Å². The minimum absolute atomic E-state index is 0.351. The highest BCUT2D eigenvalue weighted by Gasteiger charge is 2.09. The summed E-state index contributed by atoms with van der Waals surface area (Å²) in [6.45, 7) is 4.37. The molecule has 0 bridgehead atoms. The Morgan fingerprint density at radius 2 is 2.18 bits per heavy atom. The van der Waals surface area contributed by atoms with Gasteiger partial charge in [0.05, 0.1) is 12.7 Å². The van der Waals surface area contributed by atoms with Gasteiger partial charge in [-0.2, -0.15) is 0 Å². The van der Waals surface area contributed by atoms with Gasteiger partial charge in [-0.3, -0.25) is 4.98 Å². The van der Waals surface area contributed by atoms with Gasteiger partial charge in [-0.05, 0) is 38.0 Å². The Kier molecular flexibility index (Phi) is 3.59. The minimum Gasteiger partial charge on any atom is -0.492 e. The molecule has 2 rings (SSSR count). The average molecular weight is 231 g/mol. The highest BCUT2D eigenvalue weighted by atomic mass is 16.5. The van der Waals surface area contributed by atoms with E-state index in [1.807, 2.05) is 31.2 Å². The van der Waals surface area contributed by atoms with Gasteiger partial charge in [0.1, 0.15) is 11.3 Å². The summed E-state index contributed by atoms with van der Waals surface area (Å²) in [7, 11) is 0.